The summed E-state index contributed by atoms with van der Waals surface area (Å²) in [4.78, 5) is 2.50. The van der Waals surface area contributed by atoms with Gasteiger partial charge in [-0.25, -0.2) is 0 Å². The SMILES string of the molecule is Clc1ccccc1C(c1ccccc1)(c1ccccc1)N1CCOCC1. The van der Waals surface area contributed by atoms with Crippen molar-refractivity contribution < 1.29 is 4.74 Å². The lowest BCUT2D eigenvalue weighted by molar-refractivity contribution is 0.00229. The largest absolute Gasteiger partial charge is 0.379 e. The van der Waals surface area contributed by atoms with Crippen molar-refractivity contribution >= 4 is 11.6 Å². The van der Waals surface area contributed by atoms with Crippen LogP contribution in [-0.4, -0.2) is 31.2 Å². The second-order valence-electron chi connectivity index (χ2n) is 6.52. The van der Waals surface area contributed by atoms with Crippen LogP contribution in [0.4, 0.5) is 0 Å². The molecule has 3 aromatic rings. The molecule has 0 saturated carbocycles. The van der Waals surface area contributed by atoms with Gasteiger partial charge in [0.25, 0.3) is 0 Å². The zero-order valence-electron chi connectivity index (χ0n) is 14.6. The molecule has 1 aliphatic heterocycles. The summed E-state index contributed by atoms with van der Waals surface area (Å²) < 4.78 is 5.66. The standard InChI is InChI=1S/C23H22ClNO/c24-22-14-8-7-13-21(22)23(19-9-3-1-4-10-19,20-11-5-2-6-12-20)25-15-17-26-18-16-25/h1-14H,15-18H2. The fourth-order valence-corrected chi connectivity index (χ4v) is 4.30. The molecule has 0 N–H and O–H groups in total. The smallest absolute Gasteiger partial charge is 0.0988 e. The van der Waals surface area contributed by atoms with E-state index in [1.807, 2.05) is 12.1 Å². The predicted octanol–water partition coefficient (Wildman–Crippen LogP) is 4.96. The van der Waals surface area contributed by atoms with Gasteiger partial charge in [-0.1, -0.05) is 90.5 Å². The Balaban J connectivity index is 2.05. The van der Waals surface area contributed by atoms with Crippen molar-refractivity contribution in [1.82, 2.24) is 4.90 Å². The van der Waals surface area contributed by atoms with Crippen LogP contribution in [-0.2, 0) is 10.3 Å². The van der Waals surface area contributed by atoms with Crippen molar-refractivity contribution in [3.63, 3.8) is 0 Å². The summed E-state index contributed by atoms with van der Waals surface area (Å²) in [5.74, 6) is 0. The molecule has 0 bridgehead atoms. The number of benzene rings is 3. The lowest BCUT2D eigenvalue weighted by atomic mass is 9.75. The molecule has 0 spiro atoms. The van der Waals surface area contributed by atoms with E-state index >= 15 is 0 Å². The van der Waals surface area contributed by atoms with Gasteiger partial charge in [-0.3, -0.25) is 4.90 Å². The third kappa shape index (κ3) is 2.95. The van der Waals surface area contributed by atoms with Crippen LogP contribution in [0.3, 0.4) is 0 Å². The summed E-state index contributed by atoms with van der Waals surface area (Å²) in [5, 5.41) is 0.784. The van der Waals surface area contributed by atoms with E-state index in [0.717, 1.165) is 36.9 Å². The van der Waals surface area contributed by atoms with Gasteiger partial charge in [-0.05, 0) is 22.8 Å². The average Bonchev–Trinajstić information content (AvgIpc) is 2.72. The molecule has 0 radical (unpaired) electrons. The first-order chi connectivity index (χ1) is 12.8. The Morgan fingerprint density at radius 1 is 0.692 bits per heavy atom. The van der Waals surface area contributed by atoms with E-state index < -0.39 is 5.54 Å². The van der Waals surface area contributed by atoms with Gasteiger partial charge in [0.15, 0.2) is 0 Å². The molecule has 1 heterocycles. The van der Waals surface area contributed by atoms with Crippen molar-refractivity contribution in [3.05, 3.63) is 107 Å². The average molecular weight is 364 g/mol. The van der Waals surface area contributed by atoms with Gasteiger partial charge in [0, 0.05) is 18.1 Å². The van der Waals surface area contributed by atoms with Crippen LogP contribution in [0.25, 0.3) is 0 Å². The summed E-state index contributed by atoms with van der Waals surface area (Å²) in [6.45, 7) is 3.17. The van der Waals surface area contributed by atoms with Crippen LogP contribution in [0, 0.1) is 0 Å². The molecule has 4 rings (SSSR count). The summed E-state index contributed by atoms with van der Waals surface area (Å²) >= 11 is 6.77. The van der Waals surface area contributed by atoms with Crippen molar-refractivity contribution in [1.29, 1.82) is 0 Å². The summed E-state index contributed by atoms with van der Waals surface area (Å²) in [6.07, 6.45) is 0. The molecule has 0 atom stereocenters. The quantitative estimate of drug-likeness (QED) is 0.607. The molecule has 3 heteroatoms. The second kappa shape index (κ2) is 7.63. The lowest BCUT2D eigenvalue weighted by Gasteiger charge is -2.47. The topological polar surface area (TPSA) is 12.5 Å². The number of hydrogen-bond donors (Lipinski definition) is 0. The molecular formula is C23H22ClNO. The molecule has 1 aliphatic rings. The molecule has 0 aromatic heterocycles. The number of hydrogen-bond acceptors (Lipinski definition) is 2. The van der Waals surface area contributed by atoms with Crippen LogP contribution < -0.4 is 0 Å². The molecule has 3 aromatic carbocycles. The normalized spacial score (nSPS) is 15.7. The maximum Gasteiger partial charge on any atom is 0.0988 e. The molecule has 1 saturated heterocycles. The Morgan fingerprint density at radius 2 is 1.19 bits per heavy atom. The van der Waals surface area contributed by atoms with Gasteiger partial charge in [0.1, 0.15) is 0 Å². The highest BCUT2D eigenvalue weighted by molar-refractivity contribution is 6.31. The van der Waals surface area contributed by atoms with E-state index in [0.29, 0.717) is 0 Å². The second-order valence-corrected chi connectivity index (χ2v) is 6.93. The Kier molecular flexibility index (Phi) is 5.07. The van der Waals surface area contributed by atoms with Gasteiger partial charge >= 0.3 is 0 Å². The van der Waals surface area contributed by atoms with Crippen molar-refractivity contribution in [2.75, 3.05) is 26.3 Å². The predicted molar refractivity (Wildman–Crippen MR) is 107 cm³/mol. The summed E-state index contributed by atoms with van der Waals surface area (Å²) in [5.41, 5.74) is 3.12. The third-order valence-corrected chi connectivity index (χ3v) is 5.46. The number of halogens is 1. The van der Waals surface area contributed by atoms with E-state index in [1.54, 1.807) is 0 Å². The first-order valence-corrected chi connectivity index (χ1v) is 9.40. The Hall–Kier alpha value is -2.13. The van der Waals surface area contributed by atoms with E-state index in [4.69, 9.17) is 16.3 Å². The summed E-state index contributed by atoms with van der Waals surface area (Å²) in [6, 6.07) is 29.5. The fraction of sp³-hybridized carbons (Fsp3) is 0.217. The minimum atomic E-state index is -0.440. The van der Waals surface area contributed by atoms with Crippen molar-refractivity contribution in [2.45, 2.75) is 5.54 Å². The molecular weight excluding hydrogens is 342 g/mol. The van der Waals surface area contributed by atoms with E-state index in [2.05, 4.69) is 77.7 Å². The van der Waals surface area contributed by atoms with Crippen LogP contribution in [0.2, 0.25) is 5.02 Å². The van der Waals surface area contributed by atoms with E-state index in [9.17, 15) is 0 Å². The first kappa shape index (κ1) is 17.3. The molecule has 132 valence electrons. The van der Waals surface area contributed by atoms with E-state index in [-0.39, 0.29) is 0 Å². The van der Waals surface area contributed by atoms with Crippen LogP contribution >= 0.6 is 11.6 Å². The molecule has 0 unspecified atom stereocenters. The van der Waals surface area contributed by atoms with Gasteiger partial charge in [-0.2, -0.15) is 0 Å². The fourth-order valence-electron chi connectivity index (χ4n) is 4.03. The van der Waals surface area contributed by atoms with Crippen molar-refractivity contribution in [2.24, 2.45) is 0 Å². The molecule has 1 fully saturated rings. The van der Waals surface area contributed by atoms with Gasteiger partial charge in [-0.15, -0.1) is 0 Å². The Bertz CT molecular complexity index is 805. The summed E-state index contributed by atoms with van der Waals surface area (Å²) in [7, 11) is 0. The third-order valence-electron chi connectivity index (χ3n) is 5.13. The van der Waals surface area contributed by atoms with Crippen LogP contribution in [0.1, 0.15) is 16.7 Å². The van der Waals surface area contributed by atoms with Gasteiger partial charge < -0.3 is 4.74 Å². The lowest BCUT2D eigenvalue weighted by Crippen LogP contribution is -2.53. The van der Waals surface area contributed by atoms with Crippen LogP contribution in [0.5, 0.6) is 0 Å². The number of morpholine rings is 1. The maximum absolute atomic E-state index is 6.77. The highest BCUT2D eigenvalue weighted by Gasteiger charge is 2.43. The number of nitrogens with zero attached hydrogens (tertiary/aromatic N) is 1. The minimum absolute atomic E-state index is 0.440. The molecule has 0 amide bonds. The van der Waals surface area contributed by atoms with Gasteiger partial charge in [0.2, 0.25) is 0 Å². The number of rotatable bonds is 4. The Morgan fingerprint density at radius 3 is 1.73 bits per heavy atom. The highest BCUT2D eigenvalue weighted by Crippen LogP contribution is 2.45. The highest BCUT2D eigenvalue weighted by atomic mass is 35.5. The zero-order valence-corrected chi connectivity index (χ0v) is 15.4. The maximum atomic E-state index is 6.77. The zero-order chi connectivity index (χ0) is 17.8. The molecule has 0 aliphatic carbocycles. The van der Waals surface area contributed by atoms with Gasteiger partial charge in [0.05, 0.1) is 18.8 Å². The monoisotopic (exact) mass is 363 g/mol. The molecule has 26 heavy (non-hydrogen) atoms. The van der Waals surface area contributed by atoms with Crippen LogP contribution in [0.15, 0.2) is 84.9 Å². The molecule has 2 nitrogen and oxygen atoms in total. The first-order valence-electron chi connectivity index (χ1n) is 9.02. The minimum Gasteiger partial charge on any atom is -0.379 e. The van der Waals surface area contributed by atoms with Crippen molar-refractivity contribution in [3.8, 4) is 0 Å². The van der Waals surface area contributed by atoms with E-state index in [1.165, 1.54) is 11.1 Å². The number of ether oxygens (including phenoxy) is 1. The Labute approximate surface area is 160 Å².